The van der Waals surface area contributed by atoms with Crippen molar-refractivity contribution in [1.29, 1.82) is 0 Å². The van der Waals surface area contributed by atoms with Crippen LogP contribution in [0.2, 0.25) is 0 Å². The molecule has 0 saturated heterocycles. The zero-order valence-electron chi connectivity index (χ0n) is 7.81. The highest BCUT2D eigenvalue weighted by Crippen LogP contribution is 2.19. The van der Waals surface area contributed by atoms with Crippen molar-refractivity contribution >= 4 is 21.7 Å². The van der Waals surface area contributed by atoms with Crippen LogP contribution >= 0.6 is 15.9 Å². The van der Waals surface area contributed by atoms with Gasteiger partial charge in [-0.05, 0) is 0 Å². The fourth-order valence-electron chi connectivity index (χ4n) is 1.21. The maximum atomic E-state index is 11.3. The lowest BCUT2D eigenvalue weighted by atomic mass is 10.1. The average molecular weight is 266 g/mol. The normalized spacial score (nSPS) is 10.2. The fourth-order valence-corrected chi connectivity index (χ4v) is 1.50. The van der Waals surface area contributed by atoms with Gasteiger partial charge in [0, 0.05) is 11.6 Å². The quantitative estimate of drug-likeness (QED) is 0.633. The number of benzene rings is 1. The third-order valence-electron chi connectivity index (χ3n) is 1.98. The van der Waals surface area contributed by atoms with Crippen LogP contribution in [-0.2, 0) is 0 Å². The van der Waals surface area contributed by atoms with Crippen LogP contribution in [0.5, 0.6) is 0 Å². The molecule has 76 valence electrons. The molecular weight excluding hydrogens is 258 g/mol. The van der Waals surface area contributed by atoms with Gasteiger partial charge in [-0.1, -0.05) is 51.4 Å². The van der Waals surface area contributed by atoms with Crippen LogP contribution in [0.25, 0.3) is 11.3 Å². The summed E-state index contributed by atoms with van der Waals surface area (Å²) in [6.45, 7) is 0. The second kappa shape index (κ2) is 4.40. The van der Waals surface area contributed by atoms with Crippen molar-refractivity contribution in [2.24, 2.45) is 0 Å². The summed E-state index contributed by atoms with van der Waals surface area (Å²) in [4.78, 5) is 11.3. The number of ketones is 1. The van der Waals surface area contributed by atoms with Crippen LogP contribution in [0, 0.1) is 0 Å². The van der Waals surface area contributed by atoms with Gasteiger partial charge in [0.1, 0.15) is 0 Å². The number of carbonyl (C=O) groups excluding carboxylic acids is 1. The van der Waals surface area contributed by atoms with Gasteiger partial charge in [-0.25, -0.2) is 0 Å². The molecule has 2 aromatic rings. The molecule has 0 radical (unpaired) electrons. The fraction of sp³-hybridized carbons (Fsp3) is 0.0909. The molecule has 0 aliphatic carbocycles. The Labute approximate surface area is 95.2 Å². The minimum absolute atomic E-state index is 0.0825. The van der Waals surface area contributed by atoms with Crippen molar-refractivity contribution in [3.05, 3.63) is 42.1 Å². The minimum Gasteiger partial charge on any atom is -0.356 e. The first-order chi connectivity index (χ1) is 7.31. The van der Waals surface area contributed by atoms with E-state index in [1.165, 1.54) is 0 Å². The maximum absolute atomic E-state index is 11.3. The molecule has 15 heavy (non-hydrogen) atoms. The molecule has 0 saturated carbocycles. The number of rotatable bonds is 3. The van der Waals surface area contributed by atoms with Gasteiger partial charge >= 0.3 is 0 Å². The summed E-state index contributed by atoms with van der Waals surface area (Å²) in [6, 6.07) is 11.2. The number of hydrogen-bond acceptors (Lipinski definition) is 3. The molecule has 0 spiro atoms. The van der Waals surface area contributed by atoms with E-state index in [1.807, 2.05) is 30.3 Å². The highest BCUT2D eigenvalue weighted by Gasteiger charge is 2.11. The van der Waals surface area contributed by atoms with E-state index >= 15 is 0 Å². The largest absolute Gasteiger partial charge is 0.356 e. The Morgan fingerprint density at radius 1 is 1.33 bits per heavy atom. The third kappa shape index (κ3) is 2.15. The third-order valence-corrected chi connectivity index (χ3v) is 2.48. The molecule has 1 aromatic carbocycles. The van der Waals surface area contributed by atoms with Gasteiger partial charge in [-0.2, -0.15) is 0 Å². The van der Waals surface area contributed by atoms with Crippen molar-refractivity contribution in [2.75, 3.05) is 5.33 Å². The molecule has 0 bridgehead atoms. The van der Waals surface area contributed by atoms with Crippen LogP contribution in [0.4, 0.5) is 0 Å². The summed E-state index contributed by atoms with van der Waals surface area (Å²) in [5.41, 5.74) is 1.27. The first kappa shape index (κ1) is 10.1. The molecule has 2 rings (SSSR count). The number of halogens is 1. The Kier molecular flexibility index (Phi) is 2.97. The molecule has 0 N–H and O–H groups in total. The van der Waals surface area contributed by atoms with Gasteiger partial charge in [0.15, 0.2) is 17.2 Å². The Balaban J connectivity index is 2.32. The van der Waals surface area contributed by atoms with E-state index in [4.69, 9.17) is 4.52 Å². The highest BCUT2D eigenvalue weighted by atomic mass is 79.9. The first-order valence-corrected chi connectivity index (χ1v) is 5.54. The highest BCUT2D eigenvalue weighted by molar-refractivity contribution is 9.09. The van der Waals surface area contributed by atoms with Crippen LogP contribution < -0.4 is 0 Å². The standard InChI is InChI=1S/C11H8BrNO2/c12-7-10(14)9-6-11(15-13-9)8-4-2-1-3-5-8/h1-6H,7H2. The zero-order valence-corrected chi connectivity index (χ0v) is 9.40. The summed E-state index contributed by atoms with van der Waals surface area (Å²) in [7, 11) is 0. The van der Waals surface area contributed by atoms with E-state index in [0.717, 1.165) is 5.56 Å². The average Bonchev–Trinajstić information content (AvgIpc) is 2.78. The van der Waals surface area contributed by atoms with Crippen LogP contribution in [0.1, 0.15) is 10.5 Å². The topological polar surface area (TPSA) is 43.1 Å². The molecule has 0 fully saturated rings. The first-order valence-electron chi connectivity index (χ1n) is 4.42. The van der Waals surface area contributed by atoms with E-state index < -0.39 is 0 Å². The van der Waals surface area contributed by atoms with E-state index in [0.29, 0.717) is 11.5 Å². The predicted molar refractivity (Wildman–Crippen MR) is 60.1 cm³/mol. The van der Waals surface area contributed by atoms with Crippen molar-refractivity contribution in [3.63, 3.8) is 0 Å². The molecular formula is C11H8BrNO2. The van der Waals surface area contributed by atoms with E-state index in [2.05, 4.69) is 21.1 Å². The minimum atomic E-state index is -0.0825. The van der Waals surface area contributed by atoms with E-state index in [-0.39, 0.29) is 11.1 Å². The monoisotopic (exact) mass is 265 g/mol. The van der Waals surface area contributed by atoms with E-state index in [9.17, 15) is 4.79 Å². The Morgan fingerprint density at radius 2 is 2.07 bits per heavy atom. The number of aromatic nitrogens is 1. The van der Waals surface area contributed by atoms with Gasteiger partial charge in [0.05, 0.1) is 5.33 Å². The van der Waals surface area contributed by atoms with E-state index in [1.54, 1.807) is 6.07 Å². The van der Waals surface area contributed by atoms with Gasteiger partial charge < -0.3 is 4.52 Å². The van der Waals surface area contributed by atoms with Gasteiger partial charge in [0.25, 0.3) is 0 Å². The number of Topliss-reactive ketones (excluding diaryl/α,β-unsaturated/α-hetero) is 1. The number of alkyl halides is 1. The Bertz CT molecular complexity index is 464. The zero-order chi connectivity index (χ0) is 10.7. The summed E-state index contributed by atoms with van der Waals surface area (Å²) >= 11 is 3.09. The second-order valence-electron chi connectivity index (χ2n) is 3.00. The van der Waals surface area contributed by atoms with Gasteiger partial charge in [0.2, 0.25) is 0 Å². The second-order valence-corrected chi connectivity index (χ2v) is 3.56. The molecule has 4 heteroatoms. The smallest absolute Gasteiger partial charge is 0.195 e. The van der Waals surface area contributed by atoms with Gasteiger partial charge in [-0.15, -0.1) is 0 Å². The lowest BCUT2D eigenvalue weighted by Gasteiger charge is -1.91. The Hall–Kier alpha value is -1.42. The molecule has 0 atom stereocenters. The van der Waals surface area contributed by atoms with Crippen LogP contribution in [0.15, 0.2) is 40.9 Å². The van der Waals surface area contributed by atoms with Gasteiger partial charge in [-0.3, -0.25) is 4.79 Å². The predicted octanol–water partition coefficient (Wildman–Crippen LogP) is 2.92. The molecule has 1 aromatic heterocycles. The summed E-state index contributed by atoms with van der Waals surface area (Å²) in [5.74, 6) is 0.529. The molecule has 0 amide bonds. The molecule has 3 nitrogen and oxygen atoms in total. The van der Waals surface area contributed by atoms with Crippen molar-refractivity contribution in [3.8, 4) is 11.3 Å². The van der Waals surface area contributed by atoms with Crippen molar-refractivity contribution in [1.82, 2.24) is 5.16 Å². The van der Waals surface area contributed by atoms with Crippen LogP contribution in [0.3, 0.4) is 0 Å². The molecule has 0 aliphatic rings. The summed E-state index contributed by atoms with van der Waals surface area (Å²) in [6.07, 6.45) is 0. The number of hydrogen-bond donors (Lipinski definition) is 0. The lowest BCUT2D eigenvalue weighted by Crippen LogP contribution is -1.98. The maximum Gasteiger partial charge on any atom is 0.195 e. The SMILES string of the molecule is O=C(CBr)c1cc(-c2ccccc2)on1. The lowest BCUT2D eigenvalue weighted by molar-refractivity contribution is 0.101. The Morgan fingerprint density at radius 3 is 2.73 bits per heavy atom. The summed E-state index contributed by atoms with van der Waals surface area (Å²) < 4.78 is 5.08. The van der Waals surface area contributed by atoms with Crippen molar-refractivity contribution < 1.29 is 9.32 Å². The summed E-state index contributed by atoms with van der Waals surface area (Å²) in [5, 5.41) is 3.97. The number of nitrogens with zero attached hydrogens (tertiary/aromatic N) is 1. The van der Waals surface area contributed by atoms with Crippen LogP contribution in [-0.4, -0.2) is 16.3 Å². The molecule has 0 aliphatic heterocycles. The molecule has 1 heterocycles. The number of carbonyl (C=O) groups is 1. The van der Waals surface area contributed by atoms with Crippen molar-refractivity contribution in [2.45, 2.75) is 0 Å². The molecule has 0 unspecified atom stereocenters.